The summed E-state index contributed by atoms with van der Waals surface area (Å²) in [6, 6.07) is 7.26. The van der Waals surface area contributed by atoms with E-state index in [2.05, 4.69) is 19.2 Å². The summed E-state index contributed by atoms with van der Waals surface area (Å²) in [7, 11) is 0. The molecule has 98 valence electrons. The van der Waals surface area contributed by atoms with E-state index in [0.29, 0.717) is 10.9 Å². The largest absolute Gasteiger partial charge is 0.326 e. The summed E-state index contributed by atoms with van der Waals surface area (Å²) in [6.45, 7) is 4.45. The molecule has 1 aliphatic rings. The highest BCUT2D eigenvalue weighted by atomic mass is 35.5. The van der Waals surface area contributed by atoms with Gasteiger partial charge < -0.3 is 5.32 Å². The van der Waals surface area contributed by atoms with Gasteiger partial charge in [0.15, 0.2) is 0 Å². The summed E-state index contributed by atoms with van der Waals surface area (Å²) < 4.78 is 0. The second kappa shape index (κ2) is 5.75. The lowest BCUT2D eigenvalue weighted by Gasteiger charge is -2.06. The van der Waals surface area contributed by atoms with E-state index in [-0.39, 0.29) is 11.8 Å². The third-order valence-electron chi connectivity index (χ3n) is 3.49. The van der Waals surface area contributed by atoms with Crippen LogP contribution in [0.25, 0.3) is 0 Å². The molecule has 0 saturated heterocycles. The van der Waals surface area contributed by atoms with Crippen LogP contribution in [0.2, 0.25) is 5.02 Å². The standard InChI is InChI=1S/C15H20ClNO/c1-10(2)3-4-11-9-14(11)15(18)17-13-7-5-12(16)6-8-13/h5-8,10-11,14H,3-4,9H2,1-2H3,(H,17,18)/t11-,14+/m1/s1. The fourth-order valence-electron chi connectivity index (χ4n) is 2.20. The first kappa shape index (κ1) is 13.4. The van der Waals surface area contributed by atoms with Gasteiger partial charge >= 0.3 is 0 Å². The molecule has 1 aromatic carbocycles. The highest BCUT2D eigenvalue weighted by Crippen LogP contribution is 2.43. The normalized spacial score (nSPS) is 22.0. The molecule has 1 fully saturated rings. The van der Waals surface area contributed by atoms with Gasteiger partial charge in [-0.3, -0.25) is 4.79 Å². The summed E-state index contributed by atoms with van der Waals surface area (Å²) in [6.07, 6.45) is 3.44. The molecular weight excluding hydrogens is 246 g/mol. The van der Waals surface area contributed by atoms with Gasteiger partial charge in [0.2, 0.25) is 5.91 Å². The Morgan fingerprint density at radius 3 is 2.67 bits per heavy atom. The third kappa shape index (κ3) is 3.74. The van der Waals surface area contributed by atoms with Crippen LogP contribution in [0.5, 0.6) is 0 Å². The lowest BCUT2D eigenvalue weighted by molar-refractivity contribution is -0.117. The van der Waals surface area contributed by atoms with Crippen molar-refractivity contribution in [3.05, 3.63) is 29.3 Å². The molecule has 0 radical (unpaired) electrons. The van der Waals surface area contributed by atoms with Gasteiger partial charge in [-0.2, -0.15) is 0 Å². The summed E-state index contributed by atoms with van der Waals surface area (Å²) in [5.74, 6) is 1.70. The summed E-state index contributed by atoms with van der Waals surface area (Å²) in [5.41, 5.74) is 0.832. The molecule has 0 spiro atoms. The molecule has 1 aromatic rings. The molecule has 3 heteroatoms. The first-order valence-electron chi connectivity index (χ1n) is 6.62. The number of carbonyl (C=O) groups excluding carboxylic acids is 1. The number of anilines is 1. The number of halogens is 1. The van der Waals surface area contributed by atoms with Crippen molar-refractivity contribution in [1.29, 1.82) is 0 Å². The zero-order valence-corrected chi connectivity index (χ0v) is 11.7. The van der Waals surface area contributed by atoms with Crippen LogP contribution in [0.3, 0.4) is 0 Å². The summed E-state index contributed by atoms with van der Waals surface area (Å²) >= 11 is 5.80. The molecule has 0 aliphatic heterocycles. The SMILES string of the molecule is CC(C)CC[C@@H]1C[C@@H]1C(=O)Nc1ccc(Cl)cc1. The van der Waals surface area contributed by atoms with Crippen molar-refractivity contribution in [2.24, 2.45) is 17.8 Å². The van der Waals surface area contributed by atoms with E-state index < -0.39 is 0 Å². The second-order valence-electron chi connectivity index (χ2n) is 5.57. The van der Waals surface area contributed by atoms with Crippen LogP contribution in [0, 0.1) is 17.8 Å². The molecule has 2 rings (SSSR count). The smallest absolute Gasteiger partial charge is 0.227 e. The Morgan fingerprint density at radius 1 is 1.39 bits per heavy atom. The fourth-order valence-corrected chi connectivity index (χ4v) is 2.33. The van der Waals surface area contributed by atoms with Gasteiger partial charge in [-0.05, 0) is 48.9 Å². The number of rotatable bonds is 5. The number of carbonyl (C=O) groups is 1. The average molecular weight is 266 g/mol. The fraction of sp³-hybridized carbons (Fsp3) is 0.533. The van der Waals surface area contributed by atoms with Gasteiger partial charge in [0.25, 0.3) is 0 Å². The van der Waals surface area contributed by atoms with Crippen LogP contribution in [-0.4, -0.2) is 5.91 Å². The van der Waals surface area contributed by atoms with E-state index in [1.54, 1.807) is 12.1 Å². The van der Waals surface area contributed by atoms with Gasteiger partial charge in [0.1, 0.15) is 0 Å². The van der Waals surface area contributed by atoms with Gasteiger partial charge in [-0.25, -0.2) is 0 Å². The van der Waals surface area contributed by atoms with Crippen molar-refractivity contribution in [3.63, 3.8) is 0 Å². The van der Waals surface area contributed by atoms with Gasteiger partial charge in [-0.1, -0.05) is 31.9 Å². The topological polar surface area (TPSA) is 29.1 Å². The van der Waals surface area contributed by atoms with E-state index in [1.807, 2.05) is 12.1 Å². The highest BCUT2D eigenvalue weighted by Gasteiger charge is 2.42. The van der Waals surface area contributed by atoms with Crippen LogP contribution in [0.4, 0.5) is 5.69 Å². The molecule has 2 nitrogen and oxygen atoms in total. The molecule has 1 saturated carbocycles. The molecule has 18 heavy (non-hydrogen) atoms. The second-order valence-corrected chi connectivity index (χ2v) is 6.01. The minimum atomic E-state index is 0.158. The number of benzene rings is 1. The number of hydrogen-bond acceptors (Lipinski definition) is 1. The Bertz CT molecular complexity index is 413. The lowest BCUT2D eigenvalue weighted by atomic mass is 10.0. The van der Waals surface area contributed by atoms with Crippen molar-refractivity contribution >= 4 is 23.2 Å². The zero-order valence-electron chi connectivity index (χ0n) is 10.9. The van der Waals surface area contributed by atoms with Crippen molar-refractivity contribution < 1.29 is 4.79 Å². The maximum atomic E-state index is 12.0. The monoisotopic (exact) mass is 265 g/mol. The van der Waals surface area contributed by atoms with Gasteiger partial charge in [0, 0.05) is 16.6 Å². The van der Waals surface area contributed by atoms with E-state index in [9.17, 15) is 4.79 Å². The Labute approximate surface area is 114 Å². The number of amides is 1. The van der Waals surface area contributed by atoms with E-state index >= 15 is 0 Å². The minimum absolute atomic E-state index is 0.158. The summed E-state index contributed by atoms with van der Waals surface area (Å²) in [4.78, 5) is 12.0. The Balaban J connectivity index is 1.78. The lowest BCUT2D eigenvalue weighted by Crippen LogP contribution is -2.14. The molecule has 0 unspecified atom stereocenters. The minimum Gasteiger partial charge on any atom is -0.326 e. The van der Waals surface area contributed by atoms with E-state index in [1.165, 1.54) is 12.8 Å². The Kier molecular flexibility index (Phi) is 4.28. The number of hydrogen-bond donors (Lipinski definition) is 1. The van der Waals surface area contributed by atoms with Crippen LogP contribution < -0.4 is 5.32 Å². The van der Waals surface area contributed by atoms with Crippen molar-refractivity contribution in [1.82, 2.24) is 0 Å². The molecule has 0 bridgehead atoms. The van der Waals surface area contributed by atoms with Crippen LogP contribution in [0.1, 0.15) is 33.1 Å². The molecule has 1 N–H and O–H groups in total. The highest BCUT2D eigenvalue weighted by molar-refractivity contribution is 6.30. The van der Waals surface area contributed by atoms with Crippen molar-refractivity contribution in [2.75, 3.05) is 5.32 Å². The summed E-state index contributed by atoms with van der Waals surface area (Å²) in [5, 5.41) is 3.64. The van der Waals surface area contributed by atoms with Crippen LogP contribution in [0.15, 0.2) is 24.3 Å². The predicted molar refractivity (Wildman–Crippen MR) is 75.8 cm³/mol. The third-order valence-corrected chi connectivity index (χ3v) is 3.74. The molecule has 0 aromatic heterocycles. The maximum absolute atomic E-state index is 12.0. The molecule has 1 amide bonds. The van der Waals surface area contributed by atoms with E-state index in [0.717, 1.165) is 18.0 Å². The van der Waals surface area contributed by atoms with E-state index in [4.69, 9.17) is 11.6 Å². The molecular formula is C15H20ClNO. The predicted octanol–water partition coefficient (Wildman–Crippen LogP) is 4.35. The van der Waals surface area contributed by atoms with Gasteiger partial charge in [0.05, 0.1) is 0 Å². The maximum Gasteiger partial charge on any atom is 0.227 e. The molecule has 0 heterocycles. The van der Waals surface area contributed by atoms with Crippen molar-refractivity contribution in [2.45, 2.75) is 33.1 Å². The quantitative estimate of drug-likeness (QED) is 0.843. The average Bonchev–Trinajstić information content (AvgIpc) is 3.09. The molecule has 1 aliphatic carbocycles. The number of nitrogens with one attached hydrogen (secondary N) is 1. The zero-order chi connectivity index (χ0) is 13.1. The van der Waals surface area contributed by atoms with Gasteiger partial charge in [-0.15, -0.1) is 0 Å². The first-order chi connectivity index (χ1) is 8.56. The Hall–Kier alpha value is -1.02. The first-order valence-corrected chi connectivity index (χ1v) is 7.00. The Morgan fingerprint density at radius 2 is 2.06 bits per heavy atom. The van der Waals surface area contributed by atoms with Crippen LogP contribution in [-0.2, 0) is 4.79 Å². The van der Waals surface area contributed by atoms with Crippen molar-refractivity contribution in [3.8, 4) is 0 Å². The van der Waals surface area contributed by atoms with Crippen LogP contribution >= 0.6 is 11.6 Å². The molecule has 2 atom stereocenters.